The molecular weight excluding hydrogens is 316 g/mol. The molecule has 2 amide bonds. The van der Waals surface area contributed by atoms with Gasteiger partial charge >= 0.3 is 6.03 Å². The molecule has 0 spiro atoms. The van der Waals surface area contributed by atoms with Gasteiger partial charge in [0.1, 0.15) is 18.1 Å². The molecule has 0 unspecified atom stereocenters. The normalized spacial score (nSPS) is 10.3. The van der Waals surface area contributed by atoms with Gasteiger partial charge in [-0.1, -0.05) is 31.4 Å². The Bertz CT molecular complexity index is 614. The van der Waals surface area contributed by atoms with E-state index in [1.807, 2.05) is 6.07 Å². The number of anilines is 1. The zero-order valence-corrected chi connectivity index (χ0v) is 13.9. The average Bonchev–Trinajstić information content (AvgIpc) is 3.04. The van der Waals surface area contributed by atoms with Crippen LogP contribution in [-0.4, -0.2) is 12.6 Å². The predicted molar refractivity (Wildman–Crippen MR) is 91.0 cm³/mol. The summed E-state index contributed by atoms with van der Waals surface area (Å²) in [5.74, 6) is 1.26. The van der Waals surface area contributed by atoms with E-state index >= 15 is 0 Å². The second-order valence-corrected chi connectivity index (χ2v) is 5.51. The van der Waals surface area contributed by atoms with Crippen LogP contribution >= 0.6 is 11.6 Å². The van der Waals surface area contributed by atoms with Crippen molar-refractivity contribution in [1.29, 1.82) is 0 Å². The van der Waals surface area contributed by atoms with E-state index in [0.29, 0.717) is 29.6 Å². The van der Waals surface area contributed by atoms with E-state index in [9.17, 15) is 4.79 Å². The van der Waals surface area contributed by atoms with E-state index < -0.39 is 0 Å². The van der Waals surface area contributed by atoms with E-state index in [2.05, 4.69) is 17.6 Å². The molecule has 1 aromatic heterocycles. The molecule has 1 aromatic carbocycles. The molecule has 2 rings (SSSR count). The number of nitrogens with one attached hydrogen (secondary N) is 2. The van der Waals surface area contributed by atoms with Crippen molar-refractivity contribution in [2.24, 2.45) is 0 Å². The van der Waals surface area contributed by atoms with Gasteiger partial charge in [-0.15, -0.1) is 0 Å². The van der Waals surface area contributed by atoms with Gasteiger partial charge in [0.15, 0.2) is 0 Å². The Labute approximate surface area is 141 Å². The third-order valence-electron chi connectivity index (χ3n) is 3.21. The van der Waals surface area contributed by atoms with Crippen LogP contribution in [0.3, 0.4) is 0 Å². The summed E-state index contributed by atoms with van der Waals surface area (Å²) in [6.45, 7) is 3.09. The van der Waals surface area contributed by atoms with E-state index in [1.54, 1.807) is 30.5 Å². The first-order chi connectivity index (χ1) is 11.2. The largest absolute Gasteiger partial charge is 0.484 e. The first-order valence-electron chi connectivity index (χ1n) is 7.68. The standard InChI is InChI=1S/C17H21ClN2O3/c1-2-3-4-9-19-17(21)20-13-7-8-16(15(18)11-13)23-12-14-6-5-10-22-14/h5-8,10-11H,2-4,9,12H2,1H3,(H2,19,20,21). The zero-order valence-electron chi connectivity index (χ0n) is 13.1. The van der Waals surface area contributed by atoms with Crippen molar-refractivity contribution >= 4 is 23.3 Å². The number of urea groups is 1. The second-order valence-electron chi connectivity index (χ2n) is 5.10. The third-order valence-corrected chi connectivity index (χ3v) is 3.50. The molecular formula is C17H21ClN2O3. The Morgan fingerprint density at radius 1 is 1.30 bits per heavy atom. The van der Waals surface area contributed by atoms with E-state index in [1.165, 1.54) is 0 Å². The molecule has 2 N–H and O–H groups in total. The van der Waals surface area contributed by atoms with Crippen LogP contribution in [0.2, 0.25) is 5.02 Å². The van der Waals surface area contributed by atoms with Crippen molar-refractivity contribution in [1.82, 2.24) is 5.32 Å². The Balaban J connectivity index is 1.82. The molecule has 0 bridgehead atoms. The van der Waals surface area contributed by atoms with Crippen molar-refractivity contribution in [2.75, 3.05) is 11.9 Å². The lowest BCUT2D eigenvalue weighted by atomic mass is 10.2. The van der Waals surface area contributed by atoms with Crippen molar-refractivity contribution in [3.8, 4) is 5.75 Å². The van der Waals surface area contributed by atoms with Gasteiger partial charge < -0.3 is 19.8 Å². The topological polar surface area (TPSA) is 63.5 Å². The smallest absolute Gasteiger partial charge is 0.319 e. The number of hydrogen-bond donors (Lipinski definition) is 2. The summed E-state index contributed by atoms with van der Waals surface area (Å²) in [5, 5.41) is 5.99. The molecule has 0 fully saturated rings. The summed E-state index contributed by atoms with van der Waals surface area (Å²) in [5.41, 5.74) is 0.619. The first-order valence-corrected chi connectivity index (χ1v) is 8.06. The lowest BCUT2D eigenvalue weighted by Gasteiger charge is -2.10. The molecule has 6 heteroatoms. The number of hydrogen-bond acceptors (Lipinski definition) is 3. The molecule has 0 aliphatic rings. The van der Waals surface area contributed by atoms with Crippen LogP contribution < -0.4 is 15.4 Å². The second kappa shape index (κ2) is 9.10. The van der Waals surface area contributed by atoms with Crippen molar-refractivity contribution in [2.45, 2.75) is 32.8 Å². The Morgan fingerprint density at radius 2 is 2.17 bits per heavy atom. The van der Waals surface area contributed by atoms with Crippen LogP contribution in [0.4, 0.5) is 10.5 Å². The molecule has 0 aliphatic carbocycles. The molecule has 0 aliphatic heterocycles. The summed E-state index contributed by atoms with van der Waals surface area (Å²) < 4.78 is 10.8. The Morgan fingerprint density at radius 3 is 2.87 bits per heavy atom. The van der Waals surface area contributed by atoms with Gasteiger partial charge in [0.2, 0.25) is 0 Å². The van der Waals surface area contributed by atoms with Crippen molar-refractivity contribution < 1.29 is 13.9 Å². The van der Waals surface area contributed by atoms with Gasteiger partial charge in [-0.05, 0) is 36.8 Å². The molecule has 2 aromatic rings. The van der Waals surface area contributed by atoms with Crippen LogP contribution in [0.25, 0.3) is 0 Å². The molecule has 5 nitrogen and oxygen atoms in total. The maximum atomic E-state index is 11.7. The lowest BCUT2D eigenvalue weighted by Crippen LogP contribution is -2.29. The number of unbranched alkanes of at least 4 members (excludes halogenated alkanes) is 2. The fourth-order valence-electron chi connectivity index (χ4n) is 1.99. The minimum absolute atomic E-state index is 0.235. The van der Waals surface area contributed by atoms with Gasteiger partial charge in [-0.2, -0.15) is 0 Å². The van der Waals surface area contributed by atoms with E-state index in [-0.39, 0.29) is 6.03 Å². The quantitative estimate of drug-likeness (QED) is 0.679. The number of halogens is 1. The van der Waals surface area contributed by atoms with Gasteiger partial charge in [-0.3, -0.25) is 0 Å². The highest BCUT2D eigenvalue weighted by Gasteiger charge is 2.07. The monoisotopic (exact) mass is 336 g/mol. The number of carbonyl (C=O) groups is 1. The SMILES string of the molecule is CCCCCNC(=O)Nc1ccc(OCc2ccco2)c(Cl)c1. The van der Waals surface area contributed by atoms with Gasteiger partial charge in [0, 0.05) is 12.2 Å². The molecule has 0 atom stereocenters. The van der Waals surface area contributed by atoms with Crippen LogP contribution in [0, 0.1) is 0 Å². The number of rotatable bonds is 8. The number of ether oxygens (including phenoxy) is 1. The number of amides is 2. The predicted octanol–water partition coefficient (Wildman–Crippen LogP) is 4.82. The Hall–Kier alpha value is -2.14. The van der Waals surface area contributed by atoms with Gasteiger partial charge in [-0.25, -0.2) is 4.79 Å². The van der Waals surface area contributed by atoms with Crippen LogP contribution in [0.15, 0.2) is 41.0 Å². The van der Waals surface area contributed by atoms with Gasteiger partial charge in [0.05, 0.1) is 11.3 Å². The summed E-state index contributed by atoms with van der Waals surface area (Å²) in [6, 6.07) is 8.51. The van der Waals surface area contributed by atoms with Crippen molar-refractivity contribution in [3.63, 3.8) is 0 Å². The average molecular weight is 337 g/mol. The first kappa shape index (κ1) is 17.2. The molecule has 23 heavy (non-hydrogen) atoms. The minimum atomic E-state index is -0.235. The number of furan rings is 1. The molecule has 0 saturated carbocycles. The highest BCUT2D eigenvalue weighted by molar-refractivity contribution is 6.32. The number of benzene rings is 1. The summed E-state index contributed by atoms with van der Waals surface area (Å²) in [7, 11) is 0. The molecule has 1 heterocycles. The van der Waals surface area contributed by atoms with Crippen LogP contribution in [0.5, 0.6) is 5.75 Å². The lowest BCUT2D eigenvalue weighted by molar-refractivity contribution is 0.252. The van der Waals surface area contributed by atoms with Crippen LogP contribution in [-0.2, 0) is 6.61 Å². The van der Waals surface area contributed by atoms with Crippen molar-refractivity contribution in [3.05, 3.63) is 47.4 Å². The fourth-order valence-corrected chi connectivity index (χ4v) is 2.23. The maximum Gasteiger partial charge on any atom is 0.319 e. The summed E-state index contributed by atoms with van der Waals surface area (Å²) >= 11 is 6.17. The third kappa shape index (κ3) is 5.87. The van der Waals surface area contributed by atoms with Crippen LogP contribution in [0.1, 0.15) is 31.9 Å². The molecule has 0 saturated heterocycles. The zero-order chi connectivity index (χ0) is 16.5. The minimum Gasteiger partial charge on any atom is -0.484 e. The maximum absolute atomic E-state index is 11.7. The fraction of sp³-hybridized carbons (Fsp3) is 0.353. The summed E-state index contributed by atoms with van der Waals surface area (Å²) in [4.78, 5) is 11.7. The van der Waals surface area contributed by atoms with E-state index in [4.69, 9.17) is 20.8 Å². The number of carbonyl (C=O) groups excluding carboxylic acids is 1. The highest BCUT2D eigenvalue weighted by atomic mass is 35.5. The summed E-state index contributed by atoms with van der Waals surface area (Å²) in [6.07, 6.45) is 4.79. The molecule has 124 valence electrons. The van der Waals surface area contributed by atoms with Gasteiger partial charge in [0.25, 0.3) is 0 Å². The Kier molecular flexibility index (Phi) is 6.81. The molecule has 0 radical (unpaired) electrons. The highest BCUT2D eigenvalue weighted by Crippen LogP contribution is 2.28. The van der Waals surface area contributed by atoms with E-state index in [0.717, 1.165) is 25.0 Å².